The molecule has 0 fully saturated rings. The van der Waals surface area contributed by atoms with E-state index in [0.29, 0.717) is 5.69 Å². The zero-order chi connectivity index (χ0) is 15.6. The molecule has 1 aliphatic rings. The second kappa shape index (κ2) is 5.77. The Morgan fingerprint density at radius 2 is 2.29 bits per heavy atom. The lowest BCUT2D eigenvalue weighted by atomic mass is 9.92. The summed E-state index contributed by atoms with van der Waals surface area (Å²) in [5.41, 5.74) is 5.19. The average molecular weight is 297 g/mol. The molecule has 1 heterocycles. The Balaban J connectivity index is 2.35. The van der Waals surface area contributed by atoms with E-state index in [2.05, 4.69) is 10.3 Å². The van der Waals surface area contributed by atoms with E-state index in [1.807, 2.05) is 0 Å². The molecule has 5 nitrogen and oxygen atoms in total. The van der Waals surface area contributed by atoms with Crippen LogP contribution in [0.3, 0.4) is 0 Å². The minimum atomic E-state index is -1.65. The number of halogens is 2. The van der Waals surface area contributed by atoms with Crippen molar-refractivity contribution in [1.82, 2.24) is 0 Å². The topological polar surface area (TPSA) is 76.7 Å². The first-order valence-corrected chi connectivity index (χ1v) is 6.49. The minimum absolute atomic E-state index is 0.168. The number of hydrogen-bond acceptors (Lipinski definition) is 4. The lowest BCUT2D eigenvalue weighted by molar-refractivity contribution is -0.120. The predicted molar refractivity (Wildman–Crippen MR) is 75.4 cm³/mol. The molecule has 0 spiro atoms. The number of rotatable bonds is 3. The van der Waals surface area contributed by atoms with Gasteiger partial charge in [0.15, 0.2) is 6.17 Å². The van der Waals surface area contributed by atoms with E-state index < -0.39 is 23.4 Å². The largest absolute Gasteiger partial charge is 0.386 e. The van der Waals surface area contributed by atoms with Crippen LogP contribution in [0.2, 0.25) is 0 Å². The van der Waals surface area contributed by atoms with Crippen LogP contribution in [0.4, 0.5) is 14.5 Å². The first-order valence-electron chi connectivity index (χ1n) is 6.49. The second-order valence-corrected chi connectivity index (χ2v) is 5.17. The number of carbonyl (C=O) groups is 1. The minimum Gasteiger partial charge on any atom is -0.386 e. The molecule has 0 bridgehead atoms. The first-order chi connectivity index (χ1) is 9.82. The molecule has 1 amide bonds. The molecule has 2 unspecified atom stereocenters. The predicted octanol–water partition coefficient (Wildman–Crippen LogP) is 1.72. The smallest absolute Gasteiger partial charge is 0.258 e. The Bertz CT molecular complexity index is 590. The van der Waals surface area contributed by atoms with Crippen LogP contribution in [-0.2, 0) is 15.1 Å². The third-order valence-corrected chi connectivity index (χ3v) is 3.20. The summed E-state index contributed by atoms with van der Waals surface area (Å²) in [6.45, 7) is 3.18. The van der Waals surface area contributed by atoms with Gasteiger partial charge in [-0.2, -0.15) is 0 Å². The third kappa shape index (κ3) is 3.36. The van der Waals surface area contributed by atoms with Crippen molar-refractivity contribution in [2.45, 2.75) is 25.6 Å². The monoisotopic (exact) mass is 297 g/mol. The van der Waals surface area contributed by atoms with E-state index in [1.165, 1.54) is 18.2 Å². The van der Waals surface area contributed by atoms with Crippen LogP contribution in [0.5, 0.6) is 0 Å². The molecule has 114 valence electrons. The van der Waals surface area contributed by atoms with Crippen LogP contribution >= 0.6 is 0 Å². The van der Waals surface area contributed by atoms with E-state index in [0.717, 1.165) is 6.92 Å². The molecule has 2 rings (SSSR count). The number of carbonyl (C=O) groups excluding carboxylic acids is 1. The van der Waals surface area contributed by atoms with Gasteiger partial charge < -0.3 is 15.8 Å². The number of nitrogens with two attached hydrogens (primary N) is 1. The van der Waals surface area contributed by atoms with Crippen LogP contribution in [0.15, 0.2) is 23.2 Å². The van der Waals surface area contributed by atoms with Gasteiger partial charge in [-0.25, -0.2) is 8.78 Å². The Morgan fingerprint density at radius 1 is 1.57 bits per heavy atom. The number of alkyl halides is 1. The summed E-state index contributed by atoms with van der Waals surface area (Å²) in [6, 6.07) is 3.97. The van der Waals surface area contributed by atoms with E-state index in [-0.39, 0.29) is 24.6 Å². The van der Waals surface area contributed by atoms with E-state index >= 15 is 0 Å². The van der Waals surface area contributed by atoms with Crippen molar-refractivity contribution >= 4 is 17.4 Å². The molecule has 1 aliphatic heterocycles. The number of anilines is 1. The van der Waals surface area contributed by atoms with Gasteiger partial charge in [0, 0.05) is 11.3 Å². The zero-order valence-electron chi connectivity index (χ0n) is 11.8. The number of benzene rings is 1. The fraction of sp³-hybridized carbons (Fsp3) is 0.429. The Labute approximate surface area is 121 Å². The number of ether oxygens (including phenoxy) is 1. The summed E-state index contributed by atoms with van der Waals surface area (Å²) in [6.07, 6.45) is -1.65. The highest BCUT2D eigenvalue weighted by molar-refractivity contribution is 5.93. The third-order valence-electron chi connectivity index (χ3n) is 3.20. The van der Waals surface area contributed by atoms with Gasteiger partial charge in [0.05, 0.1) is 6.61 Å². The summed E-state index contributed by atoms with van der Waals surface area (Å²) in [4.78, 5) is 15.6. The van der Waals surface area contributed by atoms with Crippen molar-refractivity contribution in [2.24, 2.45) is 10.7 Å². The molecular weight excluding hydrogens is 280 g/mol. The van der Waals surface area contributed by atoms with Gasteiger partial charge in [-0.1, -0.05) is 0 Å². The summed E-state index contributed by atoms with van der Waals surface area (Å²) < 4.78 is 32.3. The molecule has 1 aromatic carbocycles. The maximum Gasteiger partial charge on any atom is 0.258 e. The van der Waals surface area contributed by atoms with Crippen molar-refractivity contribution in [3.8, 4) is 0 Å². The number of nitrogens with one attached hydrogen (secondary N) is 1. The molecule has 21 heavy (non-hydrogen) atoms. The lowest BCUT2D eigenvalue weighted by Crippen LogP contribution is -2.38. The van der Waals surface area contributed by atoms with Crippen LogP contribution in [0.25, 0.3) is 0 Å². The number of hydrogen-bond donors (Lipinski definition) is 2. The molecule has 7 heteroatoms. The van der Waals surface area contributed by atoms with Crippen molar-refractivity contribution in [3.63, 3.8) is 0 Å². The maximum absolute atomic E-state index is 14.1. The normalized spacial score (nSPS) is 23.3. The Hall–Kier alpha value is -2.02. The second-order valence-electron chi connectivity index (χ2n) is 5.17. The zero-order valence-corrected chi connectivity index (χ0v) is 11.8. The summed E-state index contributed by atoms with van der Waals surface area (Å²) in [5, 5.41) is 2.38. The SMILES string of the molecule is CC(F)C(=O)Nc1ccc(F)c(C2(C)COCC(N)=N2)c1. The highest BCUT2D eigenvalue weighted by atomic mass is 19.1. The van der Waals surface area contributed by atoms with Crippen molar-refractivity contribution in [1.29, 1.82) is 0 Å². The molecule has 0 saturated carbocycles. The van der Waals surface area contributed by atoms with Crippen molar-refractivity contribution < 1.29 is 18.3 Å². The van der Waals surface area contributed by atoms with Gasteiger partial charge in [0.25, 0.3) is 5.91 Å². The lowest BCUT2D eigenvalue weighted by Gasteiger charge is -2.30. The molecule has 3 N–H and O–H groups in total. The number of amidine groups is 1. The van der Waals surface area contributed by atoms with Crippen molar-refractivity contribution in [3.05, 3.63) is 29.6 Å². The molecule has 1 aromatic rings. The standard InChI is InChI=1S/C14H17F2N3O2/c1-8(15)13(20)18-9-3-4-11(16)10(5-9)14(2)7-21-6-12(17)19-14/h3-5,8H,6-7H2,1-2H3,(H2,17,19)(H,18,20). The van der Waals surface area contributed by atoms with Crippen LogP contribution in [0, 0.1) is 5.82 Å². The Kier molecular flexibility index (Phi) is 4.22. The number of aliphatic imine (C=N–C) groups is 1. The van der Waals surface area contributed by atoms with E-state index in [4.69, 9.17) is 10.5 Å². The molecule has 0 aliphatic carbocycles. The van der Waals surface area contributed by atoms with Gasteiger partial charge >= 0.3 is 0 Å². The van der Waals surface area contributed by atoms with E-state index in [9.17, 15) is 13.6 Å². The summed E-state index contributed by atoms with van der Waals surface area (Å²) in [5.74, 6) is -1.01. The Morgan fingerprint density at radius 3 is 2.90 bits per heavy atom. The summed E-state index contributed by atoms with van der Waals surface area (Å²) in [7, 11) is 0. The van der Waals surface area contributed by atoms with Crippen molar-refractivity contribution in [2.75, 3.05) is 18.5 Å². The van der Waals surface area contributed by atoms with Crippen LogP contribution < -0.4 is 11.1 Å². The molecule has 0 saturated heterocycles. The number of amides is 1. The number of nitrogens with zero attached hydrogens (tertiary/aromatic N) is 1. The molecular formula is C14H17F2N3O2. The first kappa shape index (κ1) is 15.4. The van der Waals surface area contributed by atoms with Gasteiger partial charge in [0.2, 0.25) is 0 Å². The molecule has 2 atom stereocenters. The quantitative estimate of drug-likeness (QED) is 0.892. The average Bonchev–Trinajstić information content (AvgIpc) is 2.40. The fourth-order valence-corrected chi connectivity index (χ4v) is 2.13. The van der Waals surface area contributed by atoms with E-state index in [1.54, 1.807) is 6.92 Å². The van der Waals surface area contributed by atoms with Gasteiger partial charge in [-0.3, -0.25) is 9.79 Å². The van der Waals surface area contributed by atoms with Crippen LogP contribution in [0.1, 0.15) is 19.4 Å². The van der Waals surface area contributed by atoms with Gasteiger partial charge in [-0.05, 0) is 32.0 Å². The highest BCUT2D eigenvalue weighted by Gasteiger charge is 2.33. The van der Waals surface area contributed by atoms with Crippen LogP contribution in [-0.4, -0.2) is 31.1 Å². The summed E-state index contributed by atoms with van der Waals surface area (Å²) >= 11 is 0. The fourth-order valence-electron chi connectivity index (χ4n) is 2.13. The molecule has 0 aromatic heterocycles. The molecule has 0 radical (unpaired) electrons. The highest BCUT2D eigenvalue weighted by Crippen LogP contribution is 2.32. The maximum atomic E-state index is 14.1. The van der Waals surface area contributed by atoms with Gasteiger partial charge in [0.1, 0.15) is 23.8 Å². The van der Waals surface area contributed by atoms with Gasteiger partial charge in [-0.15, -0.1) is 0 Å².